The highest BCUT2D eigenvalue weighted by molar-refractivity contribution is 7.07. The zero-order valence-electron chi connectivity index (χ0n) is 24.1. The minimum Gasteiger partial charge on any atom is -0.496 e. The molecule has 0 aliphatic carbocycles. The molecule has 0 fully saturated rings. The number of rotatable bonds is 6. The molecule has 1 N–H and O–H groups in total. The molecule has 212 valence electrons. The number of hydrogen-bond acceptors (Lipinski definition) is 6. The van der Waals surface area contributed by atoms with Gasteiger partial charge in [-0.05, 0) is 57.0 Å². The number of H-pyrrole nitrogens is 1. The number of nitrogens with zero attached hydrogens (tertiary/aromatic N) is 2. The lowest BCUT2D eigenvalue weighted by Gasteiger charge is -2.25. The van der Waals surface area contributed by atoms with E-state index in [2.05, 4.69) is 43.1 Å². The quantitative estimate of drug-likeness (QED) is 0.267. The van der Waals surface area contributed by atoms with Crippen LogP contribution in [0.2, 0.25) is 0 Å². The van der Waals surface area contributed by atoms with E-state index in [1.807, 2.05) is 48.5 Å². The number of esters is 1. The number of allylic oxidation sites excluding steroid dienone is 1. The number of para-hydroxylation sites is 1. The zero-order chi connectivity index (χ0) is 29.5. The summed E-state index contributed by atoms with van der Waals surface area (Å²) in [7, 11) is 1.58. The highest BCUT2D eigenvalue weighted by atomic mass is 32.1. The van der Waals surface area contributed by atoms with E-state index in [1.54, 1.807) is 25.5 Å². The standard InChI is InChI=1S/C34H31N3O4S/c1-6-41-33(39)28-21(4)35-34-37(31(28)23-14-10-11-15-26(23)40-5)32(38)27(42-34)18-25-24-17-19(2)16-20(3)29(24)36-30(25)22-12-8-7-9-13-22/h7-18,31,36H,6H2,1-5H3/b27-18+/t31-/m1/s1. The van der Waals surface area contributed by atoms with Gasteiger partial charge in [-0.1, -0.05) is 71.5 Å². The monoisotopic (exact) mass is 577 g/mol. The van der Waals surface area contributed by atoms with Crippen LogP contribution in [0.3, 0.4) is 0 Å². The Hall–Kier alpha value is -4.69. The minimum atomic E-state index is -0.750. The van der Waals surface area contributed by atoms with Gasteiger partial charge in [0.05, 0.1) is 35.2 Å². The summed E-state index contributed by atoms with van der Waals surface area (Å²) in [4.78, 5) is 36.5. The van der Waals surface area contributed by atoms with Gasteiger partial charge in [-0.2, -0.15) is 0 Å². The van der Waals surface area contributed by atoms with Gasteiger partial charge < -0.3 is 14.5 Å². The van der Waals surface area contributed by atoms with Crippen LogP contribution in [0, 0.1) is 13.8 Å². The Morgan fingerprint density at radius 3 is 2.55 bits per heavy atom. The maximum absolute atomic E-state index is 14.3. The summed E-state index contributed by atoms with van der Waals surface area (Å²) >= 11 is 1.31. The third kappa shape index (κ3) is 4.58. The number of aromatic amines is 1. The maximum Gasteiger partial charge on any atom is 0.338 e. The van der Waals surface area contributed by atoms with Crippen LogP contribution in [0.1, 0.15) is 42.1 Å². The molecule has 0 saturated carbocycles. The van der Waals surface area contributed by atoms with Crippen molar-refractivity contribution in [2.24, 2.45) is 4.99 Å². The van der Waals surface area contributed by atoms with E-state index in [0.717, 1.165) is 38.9 Å². The lowest BCUT2D eigenvalue weighted by Crippen LogP contribution is -2.40. The molecule has 0 saturated heterocycles. The molecule has 5 aromatic rings. The van der Waals surface area contributed by atoms with E-state index >= 15 is 0 Å². The molecule has 2 aromatic heterocycles. The number of carbonyl (C=O) groups is 1. The van der Waals surface area contributed by atoms with E-state index in [1.165, 1.54) is 11.3 Å². The molecular formula is C34H31N3O4S. The zero-order valence-corrected chi connectivity index (χ0v) is 25.0. The Balaban J connectivity index is 1.65. The fourth-order valence-electron chi connectivity index (χ4n) is 5.76. The topological polar surface area (TPSA) is 85.7 Å². The molecular weight excluding hydrogens is 546 g/mol. The van der Waals surface area contributed by atoms with Gasteiger partial charge in [0.25, 0.3) is 5.56 Å². The van der Waals surface area contributed by atoms with Crippen molar-refractivity contribution in [2.75, 3.05) is 13.7 Å². The first-order valence-electron chi connectivity index (χ1n) is 13.8. The minimum absolute atomic E-state index is 0.209. The van der Waals surface area contributed by atoms with E-state index in [4.69, 9.17) is 14.5 Å². The normalized spacial score (nSPS) is 15.1. The van der Waals surface area contributed by atoms with Crippen molar-refractivity contribution in [1.82, 2.24) is 9.55 Å². The van der Waals surface area contributed by atoms with Crippen LogP contribution >= 0.6 is 11.3 Å². The molecule has 42 heavy (non-hydrogen) atoms. The number of aryl methyl sites for hydroxylation is 2. The molecule has 7 nitrogen and oxygen atoms in total. The summed E-state index contributed by atoms with van der Waals surface area (Å²) in [5.41, 5.74) is 7.50. The number of carbonyl (C=O) groups excluding carboxylic acids is 1. The van der Waals surface area contributed by atoms with Gasteiger partial charge in [0, 0.05) is 22.0 Å². The Labute approximate surface area is 247 Å². The van der Waals surface area contributed by atoms with Crippen LogP contribution in [0.4, 0.5) is 0 Å². The molecule has 0 radical (unpaired) electrons. The molecule has 0 unspecified atom stereocenters. The second-order valence-electron chi connectivity index (χ2n) is 10.3. The van der Waals surface area contributed by atoms with Gasteiger partial charge in [-0.3, -0.25) is 9.36 Å². The van der Waals surface area contributed by atoms with Gasteiger partial charge in [0.15, 0.2) is 4.80 Å². The average molecular weight is 578 g/mol. The van der Waals surface area contributed by atoms with E-state index in [-0.39, 0.29) is 12.2 Å². The lowest BCUT2D eigenvalue weighted by molar-refractivity contribution is -0.139. The third-order valence-corrected chi connectivity index (χ3v) is 8.56. The predicted octanol–water partition coefficient (Wildman–Crippen LogP) is 5.57. The van der Waals surface area contributed by atoms with Crippen molar-refractivity contribution < 1.29 is 14.3 Å². The maximum atomic E-state index is 14.3. The largest absolute Gasteiger partial charge is 0.496 e. The van der Waals surface area contributed by atoms with E-state index in [0.29, 0.717) is 31.9 Å². The summed E-state index contributed by atoms with van der Waals surface area (Å²) in [5.74, 6) is 0.0698. The van der Waals surface area contributed by atoms with Crippen molar-refractivity contribution >= 4 is 34.3 Å². The first-order chi connectivity index (χ1) is 20.3. The summed E-state index contributed by atoms with van der Waals surface area (Å²) in [6.07, 6.45) is 1.95. The second kappa shape index (κ2) is 10.9. The number of aromatic nitrogens is 2. The van der Waals surface area contributed by atoms with Crippen molar-refractivity contribution in [2.45, 2.75) is 33.7 Å². The molecule has 1 atom stereocenters. The summed E-state index contributed by atoms with van der Waals surface area (Å²) < 4.78 is 13.2. The molecule has 3 heterocycles. The molecule has 8 heteroatoms. The number of hydrogen-bond donors (Lipinski definition) is 1. The Morgan fingerprint density at radius 2 is 1.81 bits per heavy atom. The van der Waals surface area contributed by atoms with Gasteiger partial charge in [0.1, 0.15) is 11.8 Å². The van der Waals surface area contributed by atoms with Crippen LogP contribution in [0.25, 0.3) is 28.2 Å². The van der Waals surface area contributed by atoms with Crippen LogP contribution in [0.5, 0.6) is 5.75 Å². The fourth-order valence-corrected chi connectivity index (χ4v) is 6.79. The number of ether oxygens (including phenoxy) is 2. The number of benzene rings is 3. The summed E-state index contributed by atoms with van der Waals surface area (Å²) in [6.45, 7) is 7.91. The van der Waals surface area contributed by atoms with Crippen molar-refractivity contribution in [3.05, 3.63) is 120 Å². The van der Waals surface area contributed by atoms with Crippen molar-refractivity contribution in [3.8, 4) is 17.0 Å². The SMILES string of the molecule is CCOC(=O)C1=C(C)N=c2s/c(=C/c3c(-c4ccccc4)[nH]c4c(C)cc(C)cc34)c(=O)n2[C@@H]1c1ccccc1OC. The number of fused-ring (bicyclic) bond motifs is 2. The predicted molar refractivity (Wildman–Crippen MR) is 167 cm³/mol. The van der Waals surface area contributed by atoms with Crippen LogP contribution in [0.15, 0.2) is 87.8 Å². The van der Waals surface area contributed by atoms with E-state index < -0.39 is 12.0 Å². The highest BCUT2D eigenvalue weighted by Gasteiger charge is 2.35. The first-order valence-corrected chi connectivity index (χ1v) is 14.6. The average Bonchev–Trinajstić information content (AvgIpc) is 3.50. The fraction of sp³-hybridized carbons (Fsp3) is 0.206. The highest BCUT2D eigenvalue weighted by Crippen LogP contribution is 2.36. The van der Waals surface area contributed by atoms with Gasteiger partial charge >= 0.3 is 5.97 Å². The lowest BCUT2D eigenvalue weighted by atomic mass is 9.95. The molecule has 6 rings (SSSR count). The van der Waals surface area contributed by atoms with Crippen molar-refractivity contribution in [3.63, 3.8) is 0 Å². The van der Waals surface area contributed by atoms with Gasteiger partial charge in [-0.15, -0.1) is 0 Å². The van der Waals surface area contributed by atoms with Crippen LogP contribution < -0.4 is 19.6 Å². The Morgan fingerprint density at radius 1 is 1.07 bits per heavy atom. The second-order valence-corrected chi connectivity index (χ2v) is 11.3. The summed E-state index contributed by atoms with van der Waals surface area (Å²) in [6, 6.07) is 21.1. The molecule has 1 aliphatic rings. The first kappa shape index (κ1) is 27.5. The molecule has 0 amide bonds. The molecule has 1 aliphatic heterocycles. The Kier molecular flexibility index (Phi) is 7.16. The van der Waals surface area contributed by atoms with Crippen LogP contribution in [-0.4, -0.2) is 29.2 Å². The van der Waals surface area contributed by atoms with Gasteiger partial charge in [0.2, 0.25) is 0 Å². The van der Waals surface area contributed by atoms with Crippen molar-refractivity contribution in [1.29, 1.82) is 0 Å². The number of nitrogens with one attached hydrogen (secondary N) is 1. The molecule has 0 spiro atoms. The van der Waals surface area contributed by atoms with Crippen LogP contribution in [-0.2, 0) is 9.53 Å². The molecule has 0 bridgehead atoms. The van der Waals surface area contributed by atoms with E-state index in [9.17, 15) is 9.59 Å². The summed E-state index contributed by atoms with van der Waals surface area (Å²) in [5, 5.41) is 1.04. The van der Waals surface area contributed by atoms with Gasteiger partial charge in [-0.25, -0.2) is 9.79 Å². The molecule has 3 aromatic carbocycles. The third-order valence-electron chi connectivity index (χ3n) is 7.58. The Bertz CT molecular complexity index is 2070. The smallest absolute Gasteiger partial charge is 0.338 e. The number of methoxy groups -OCH3 is 1. The number of thiazole rings is 1.